The van der Waals surface area contributed by atoms with Gasteiger partial charge in [-0.1, -0.05) is 0 Å². The molecule has 0 saturated heterocycles. The molecule has 0 spiro atoms. The zero-order valence-corrected chi connectivity index (χ0v) is 14.0. The van der Waals surface area contributed by atoms with E-state index in [1.165, 1.54) is 51.0 Å². The van der Waals surface area contributed by atoms with E-state index in [4.69, 9.17) is 9.94 Å². The Bertz CT molecular complexity index is 671. The summed E-state index contributed by atoms with van der Waals surface area (Å²) in [4.78, 5) is 24.8. The first-order chi connectivity index (χ1) is 10.7. The van der Waals surface area contributed by atoms with E-state index in [-0.39, 0.29) is 4.90 Å². The number of hydroxylamine groups is 1. The summed E-state index contributed by atoms with van der Waals surface area (Å²) in [7, 11) is 1.12. The lowest BCUT2D eigenvalue weighted by molar-refractivity contribution is -0.143. The molecule has 0 aliphatic heterocycles. The molecule has 2 N–H and O–H groups in total. The summed E-state index contributed by atoms with van der Waals surface area (Å²) in [6, 6.07) is 3.73. The summed E-state index contributed by atoms with van der Waals surface area (Å²) >= 11 is 0. The van der Waals surface area contributed by atoms with Crippen molar-refractivity contribution in [1.29, 1.82) is 0 Å². The molecule has 1 aromatic rings. The maximum Gasteiger partial charge on any atom is 0.271 e. The van der Waals surface area contributed by atoms with E-state index < -0.39 is 27.9 Å². The van der Waals surface area contributed by atoms with Crippen molar-refractivity contribution in [2.24, 2.45) is 0 Å². The monoisotopic (exact) mass is 345 g/mol. The van der Waals surface area contributed by atoms with Crippen LogP contribution in [0.4, 0.5) is 0 Å². The van der Waals surface area contributed by atoms with Gasteiger partial charge in [-0.05, 0) is 24.3 Å². The van der Waals surface area contributed by atoms with Crippen molar-refractivity contribution >= 4 is 21.8 Å². The van der Waals surface area contributed by atoms with Crippen LogP contribution in [-0.4, -0.2) is 68.9 Å². The third-order valence-corrected chi connectivity index (χ3v) is 4.97. The topological polar surface area (TPSA) is 116 Å². The van der Waals surface area contributed by atoms with E-state index in [9.17, 15) is 18.0 Å². The molecule has 1 aromatic carbocycles. The lowest BCUT2D eigenvalue weighted by atomic mass is 10.2. The summed E-state index contributed by atoms with van der Waals surface area (Å²) in [5.74, 6) is -1.49. The third kappa shape index (κ3) is 3.97. The van der Waals surface area contributed by atoms with Gasteiger partial charge in [0, 0.05) is 21.1 Å². The summed E-state index contributed by atoms with van der Waals surface area (Å²) < 4.78 is 30.7. The van der Waals surface area contributed by atoms with Crippen LogP contribution in [0, 0.1) is 0 Å². The Morgan fingerprint density at radius 1 is 1.17 bits per heavy atom. The first-order valence-electron chi connectivity index (χ1n) is 6.44. The van der Waals surface area contributed by atoms with E-state index in [1.54, 1.807) is 0 Å². The average Bonchev–Trinajstić information content (AvgIpc) is 2.54. The van der Waals surface area contributed by atoms with Gasteiger partial charge >= 0.3 is 0 Å². The minimum atomic E-state index is -4.14. The fraction of sp³-hybridized carbons (Fsp3) is 0.385. The van der Waals surface area contributed by atoms with Crippen LogP contribution in [0.25, 0.3) is 0 Å². The summed E-state index contributed by atoms with van der Waals surface area (Å²) in [5, 5.41) is 8.78. The molecular formula is C13H19N3O6S. The van der Waals surface area contributed by atoms with Crippen LogP contribution >= 0.6 is 0 Å². The van der Waals surface area contributed by atoms with Gasteiger partial charge in [0.25, 0.3) is 5.91 Å². The number of likely N-dealkylation sites (N-methyl/N-ethyl adjacent to an activating group) is 2. The van der Waals surface area contributed by atoms with Gasteiger partial charge in [0.05, 0.1) is 12.0 Å². The molecule has 1 rings (SSSR count). The Morgan fingerprint density at radius 3 is 2.09 bits per heavy atom. The van der Waals surface area contributed by atoms with Crippen molar-refractivity contribution in [1.82, 2.24) is 14.7 Å². The zero-order chi connectivity index (χ0) is 17.8. The van der Waals surface area contributed by atoms with Crippen LogP contribution in [0.15, 0.2) is 29.2 Å². The second-order valence-corrected chi connectivity index (χ2v) is 6.81. The number of sulfonamides is 1. The Kier molecular flexibility index (Phi) is 6.07. The molecule has 0 bridgehead atoms. The van der Waals surface area contributed by atoms with Crippen molar-refractivity contribution in [3.63, 3.8) is 0 Å². The normalized spacial score (nSPS) is 12.6. The lowest BCUT2D eigenvalue weighted by Gasteiger charge is -2.27. The van der Waals surface area contributed by atoms with E-state index in [2.05, 4.69) is 0 Å². The van der Waals surface area contributed by atoms with Crippen LogP contribution < -0.4 is 10.2 Å². The van der Waals surface area contributed by atoms with Crippen LogP contribution in [0.2, 0.25) is 0 Å². The highest BCUT2D eigenvalue weighted by Gasteiger charge is 2.39. The average molecular weight is 345 g/mol. The Labute approximate surface area is 134 Å². The predicted molar refractivity (Wildman–Crippen MR) is 80.4 cm³/mol. The second-order valence-electron chi connectivity index (χ2n) is 4.81. The first-order valence-corrected chi connectivity index (χ1v) is 7.88. The molecule has 0 aliphatic carbocycles. The van der Waals surface area contributed by atoms with E-state index in [1.807, 2.05) is 0 Å². The van der Waals surface area contributed by atoms with Crippen molar-refractivity contribution in [2.45, 2.75) is 10.9 Å². The van der Waals surface area contributed by atoms with Crippen LogP contribution in [0.1, 0.15) is 0 Å². The van der Waals surface area contributed by atoms with Gasteiger partial charge in [-0.2, -0.15) is 4.31 Å². The number of methoxy groups -OCH3 is 1. The number of amides is 2. The standard InChI is InChI=1S/C13H19N3O6S/c1-15(2)13(18)11(12(17)14-19)16(3)23(20,21)10-7-5-9(22-4)6-8-10/h5-8,11,19H,1-4H3,(H,14,17). The zero-order valence-electron chi connectivity index (χ0n) is 13.2. The third-order valence-electron chi connectivity index (χ3n) is 3.13. The SMILES string of the molecule is COc1ccc(S(=O)(=O)N(C)C(C(=O)NO)C(=O)N(C)C)cc1. The molecule has 2 amide bonds. The van der Waals surface area contributed by atoms with E-state index in [0.717, 1.165) is 11.9 Å². The van der Waals surface area contributed by atoms with Crippen LogP contribution in [0.5, 0.6) is 5.75 Å². The summed E-state index contributed by atoms with van der Waals surface area (Å²) in [6.07, 6.45) is 0. The lowest BCUT2D eigenvalue weighted by Crippen LogP contribution is -2.54. The van der Waals surface area contributed by atoms with Crippen LogP contribution in [-0.2, 0) is 19.6 Å². The molecule has 0 radical (unpaired) electrons. The van der Waals surface area contributed by atoms with Crippen molar-refractivity contribution in [2.75, 3.05) is 28.3 Å². The van der Waals surface area contributed by atoms with E-state index in [0.29, 0.717) is 10.1 Å². The Hall–Kier alpha value is -2.17. The van der Waals surface area contributed by atoms with Gasteiger partial charge in [-0.25, -0.2) is 13.9 Å². The molecule has 23 heavy (non-hydrogen) atoms. The van der Waals surface area contributed by atoms with Gasteiger partial charge in [-0.15, -0.1) is 0 Å². The number of nitrogens with zero attached hydrogens (tertiary/aromatic N) is 2. The van der Waals surface area contributed by atoms with Gasteiger partial charge < -0.3 is 9.64 Å². The molecule has 0 saturated carbocycles. The number of benzene rings is 1. The number of hydrogen-bond donors (Lipinski definition) is 2. The fourth-order valence-corrected chi connectivity index (χ4v) is 3.07. The smallest absolute Gasteiger partial charge is 0.271 e. The molecule has 10 heteroatoms. The van der Waals surface area contributed by atoms with Gasteiger partial charge in [-0.3, -0.25) is 14.8 Å². The molecule has 0 fully saturated rings. The quantitative estimate of drug-likeness (QED) is 0.399. The largest absolute Gasteiger partial charge is 0.497 e. The highest BCUT2D eigenvalue weighted by molar-refractivity contribution is 7.89. The highest BCUT2D eigenvalue weighted by Crippen LogP contribution is 2.20. The van der Waals surface area contributed by atoms with Crippen molar-refractivity contribution in [3.05, 3.63) is 24.3 Å². The Morgan fingerprint density at radius 2 is 1.70 bits per heavy atom. The molecular weight excluding hydrogens is 326 g/mol. The maximum absolute atomic E-state index is 12.6. The van der Waals surface area contributed by atoms with Crippen molar-refractivity contribution in [3.8, 4) is 5.75 Å². The second kappa shape index (κ2) is 7.40. The molecule has 0 aliphatic rings. The minimum absolute atomic E-state index is 0.122. The number of nitrogens with one attached hydrogen (secondary N) is 1. The molecule has 0 aromatic heterocycles. The number of hydrogen-bond acceptors (Lipinski definition) is 6. The number of carbonyl (C=O) groups excluding carboxylic acids is 2. The van der Waals surface area contributed by atoms with Gasteiger partial charge in [0.15, 0.2) is 6.04 Å². The minimum Gasteiger partial charge on any atom is -0.497 e. The molecule has 1 atom stereocenters. The number of ether oxygens (including phenoxy) is 1. The highest BCUT2D eigenvalue weighted by atomic mass is 32.2. The molecule has 0 heterocycles. The first kappa shape index (κ1) is 18.9. The predicted octanol–water partition coefficient (Wildman–Crippen LogP) is -0.722. The fourth-order valence-electron chi connectivity index (χ4n) is 1.79. The summed E-state index contributed by atoms with van der Waals surface area (Å²) in [5.41, 5.74) is 1.31. The van der Waals surface area contributed by atoms with Crippen molar-refractivity contribution < 1.29 is 28.0 Å². The van der Waals surface area contributed by atoms with Crippen LogP contribution in [0.3, 0.4) is 0 Å². The van der Waals surface area contributed by atoms with Gasteiger partial charge in [0.2, 0.25) is 15.9 Å². The maximum atomic E-state index is 12.6. The molecule has 128 valence electrons. The molecule has 9 nitrogen and oxygen atoms in total. The number of rotatable bonds is 6. The summed E-state index contributed by atoms with van der Waals surface area (Å²) in [6.45, 7) is 0. The molecule has 1 unspecified atom stereocenters. The van der Waals surface area contributed by atoms with Gasteiger partial charge in [0.1, 0.15) is 5.75 Å². The number of carbonyl (C=O) groups is 2. The Balaban J connectivity index is 3.26. The van der Waals surface area contributed by atoms with E-state index >= 15 is 0 Å².